The number of hydrogen-bond donors (Lipinski definition) is 0. The highest BCUT2D eigenvalue weighted by molar-refractivity contribution is 5.66. The van der Waals surface area contributed by atoms with Gasteiger partial charge in [-0.2, -0.15) is 0 Å². The Labute approximate surface area is 165 Å². The molecule has 0 unspecified atom stereocenters. The van der Waals surface area contributed by atoms with Crippen molar-refractivity contribution in [3.8, 4) is 11.1 Å². The standard InChI is InChI=1S/C24H28F4/c1-3-4-16-6-8-17(9-7-16)10-11-18-13-22(26)20(14-21(18)25)19-12-5-15(2)23(27)24(19)28/h5,12-14,16-17H,3-4,6-11H2,1-2H3. The maximum Gasteiger partial charge on any atom is 0.167 e. The molecule has 0 N–H and O–H groups in total. The van der Waals surface area contributed by atoms with Crippen LogP contribution in [0.2, 0.25) is 0 Å². The first kappa shape index (κ1) is 20.9. The summed E-state index contributed by atoms with van der Waals surface area (Å²) < 4.78 is 57.1. The van der Waals surface area contributed by atoms with Crippen molar-refractivity contribution in [2.24, 2.45) is 11.8 Å². The molecule has 0 heterocycles. The lowest BCUT2D eigenvalue weighted by atomic mass is 9.78. The smallest absolute Gasteiger partial charge is 0.167 e. The number of aryl methyl sites for hydroxylation is 2. The molecule has 152 valence electrons. The van der Waals surface area contributed by atoms with E-state index in [1.165, 1.54) is 44.7 Å². The van der Waals surface area contributed by atoms with Gasteiger partial charge in [0, 0.05) is 11.1 Å². The summed E-state index contributed by atoms with van der Waals surface area (Å²) >= 11 is 0. The van der Waals surface area contributed by atoms with Crippen molar-refractivity contribution in [2.45, 2.75) is 65.2 Å². The van der Waals surface area contributed by atoms with Gasteiger partial charge in [-0.1, -0.05) is 57.6 Å². The van der Waals surface area contributed by atoms with Crippen molar-refractivity contribution in [3.05, 3.63) is 58.7 Å². The zero-order valence-corrected chi connectivity index (χ0v) is 16.6. The Morgan fingerprint density at radius 3 is 2.07 bits per heavy atom. The molecule has 2 aromatic carbocycles. The van der Waals surface area contributed by atoms with E-state index < -0.39 is 23.3 Å². The third-order valence-corrected chi connectivity index (χ3v) is 6.19. The summed E-state index contributed by atoms with van der Waals surface area (Å²) in [5.41, 5.74) is -0.0460. The zero-order valence-electron chi connectivity index (χ0n) is 16.6. The van der Waals surface area contributed by atoms with Crippen LogP contribution in [0.15, 0.2) is 24.3 Å². The Kier molecular flexibility index (Phi) is 6.79. The van der Waals surface area contributed by atoms with Crippen LogP contribution in [-0.4, -0.2) is 0 Å². The molecule has 1 fully saturated rings. The molecule has 4 heteroatoms. The molecule has 1 saturated carbocycles. The van der Waals surface area contributed by atoms with Gasteiger partial charge < -0.3 is 0 Å². The molecule has 0 atom stereocenters. The summed E-state index contributed by atoms with van der Waals surface area (Å²) in [5, 5.41) is 0. The molecule has 0 saturated heterocycles. The van der Waals surface area contributed by atoms with Crippen LogP contribution in [0.25, 0.3) is 11.1 Å². The second-order valence-corrected chi connectivity index (χ2v) is 8.20. The largest absolute Gasteiger partial charge is 0.207 e. The van der Waals surface area contributed by atoms with Crippen LogP contribution in [0.1, 0.15) is 63.0 Å². The quantitative estimate of drug-likeness (QED) is 0.441. The first-order chi connectivity index (χ1) is 13.4. The van der Waals surface area contributed by atoms with E-state index in [1.54, 1.807) is 0 Å². The van der Waals surface area contributed by atoms with E-state index in [4.69, 9.17) is 0 Å². The van der Waals surface area contributed by atoms with E-state index in [0.29, 0.717) is 17.9 Å². The van der Waals surface area contributed by atoms with Gasteiger partial charge >= 0.3 is 0 Å². The Bertz CT molecular complexity index is 820. The monoisotopic (exact) mass is 392 g/mol. The van der Waals surface area contributed by atoms with Crippen molar-refractivity contribution in [2.75, 3.05) is 0 Å². The first-order valence-corrected chi connectivity index (χ1v) is 10.3. The van der Waals surface area contributed by atoms with Crippen LogP contribution in [0, 0.1) is 42.0 Å². The molecule has 1 aliphatic carbocycles. The van der Waals surface area contributed by atoms with Crippen LogP contribution in [-0.2, 0) is 6.42 Å². The van der Waals surface area contributed by atoms with Crippen LogP contribution in [0.5, 0.6) is 0 Å². The van der Waals surface area contributed by atoms with Gasteiger partial charge in [0.1, 0.15) is 11.6 Å². The Hall–Kier alpha value is -1.84. The molecule has 28 heavy (non-hydrogen) atoms. The lowest BCUT2D eigenvalue weighted by molar-refractivity contribution is 0.252. The average molecular weight is 392 g/mol. The maximum atomic E-state index is 14.6. The summed E-state index contributed by atoms with van der Waals surface area (Å²) in [7, 11) is 0. The van der Waals surface area contributed by atoms with Gasteiger partial charge in [0.2, 0.25) is 0 Å². The van der Waals surface area contributed by atoms with Gasteiger partial charge in [0.25, 0.3) is 0 Å². The van der Waals surface area contributed by atoms with E-state index in [1.807, 2.05) is 0 Å². The van der Waals surface area contributed by atoms with Crippen LogP contribution in [0.3, 0.4) is 0 Å². The fraction of sp³-hybridized carbons (Fsp3) is 0.500. The van der Waals surface area contributed by atoms with Crippen molar-refractivity contribution in [3.63, 3.8) is 0 Å². The fourth-order valence-corrected chi connectivity index (χ4v) is 4.42. The van der Waals surface area contributed by atoms with Gasteiger partial charge in [-0.05, 0) is 54.9 Å². The second-order valence-electron chi connectivity index (χ2n) is 8.20. The maximum absolute atomic E-state index is 14.6. The minimum Gasteiger partial charge on any atom is -0.207 e. The zero-order chi connectivity index (χ0) is 20.3. The molecule has 0 aliphatic heterocycles. The predicted molar refractivity (Wildman–Crippen MR) is 105 cm³/mol. The molecule has 0 radical (unpaired) electrons. The number of hydrogen-bond acceptors (Lipinski definition) is 0. The van der Waals surface area contributed by atoms with Gasteiger partial charge in [0.15, 0.2) is 11.6 Å². The van der Waals surface area contributed by atoms with Crippen molar-refractivity contribution in [1.29, 1.82) is 0 Å². The minimum atomic E-state index is -1.14. The Morgan fingerprint density at radius 2 is 1.43 bits per heavy atom. The highest BCUT2D eigenvalue weighted by atomic mass is 19.2. The summed E-state index contributed by atoms with van der Waals surface area (Å²) in [6, 6.07) is 4.80. The fourth-order valence-electron chi connectivity index (χ4n) is 4.42. The van der Waals surface area contributed by atoms with Gasteiger partial charge in [0.05, 0.1) is 0 Å². The summed E-state index contributed by atoms with van der Waals surface area (Å²) in [6.45, 7) is 3.64. The van der Waals surface area contributed by atoms with E-state index >= 15 is 0 Å². The third kappa shape index (κ3) is 4.59. The molecule has 1 aliphatic rings. The molecule has 0 spiro atoms. The Balaban J connectivity index is 1.70. The van der Waals surface area contributed by atoms with Crippen molar-refractivity contribution < 1.29 is 17.6 Å². The van der Waals surface area contributed by atoms with Crippen LogP contribution in [0.4, 0.5) is 17.6 Å². The lowest BCUT2D eigenvalue weighted by Crippen LogP contribution is -2.15. The molecular formula is C24H28F4. The Morgan fingerprint density at radius 1 is 0.786 bits per heavy atom. The van der Waals surface area contributed by atoms with E-state index in [2.05, 4.69) is 6.92 Å². The molecule has 0 nitrogen and oxygen atoms in total. The van der Waals surface area contributed by atoms with E-state index in [-0.39, 0.29) is 16.7 Å². The molecule has 3 rings (SSSR count). The summed E-state index contributed by atoms with van der Waals surface area (Å²) in [5.74, 6) is -2.07. The summed E-state index contributed by atoms with van der Waals surface area (Å²) in [4.78, 5) is 0. The van der Waals surface area contributed by atoms with Crippen LogP contribution >= 0.6 is 0 Å². The van der Waals surface area contributed by atoms with Gasteiger partial charge in [-0.15, -0.1) is 0 Å². The molecular weight excluding hydrogens is 364 g/mol. The summed E-state index contributed by atoms with van der Waals surface area (Å²) in [6.07, 6.45) is 8.57. The van der Waals surface area contributed by atoms with Crippen molar-refractivity contribution >= 4 is 0 Å². The number of halogens is 4. The predicted octanol–water partition coefficient (Wildman–Crippen LogP) is 7.76. The van der Waals surface area contributed by atoms with Crippen LogP contribution < -0.4 is 0 Å². The molecule has 0 bridgehead atoms. The van der Waals surface area contributed by atoms with E-state index in [9.17, 15) is 17.6 Å². The third-order valence-electron chi connectivity index (χ3n) is 6.19. The number of benzene rings is 2. The highest BCUT2D eigenvalue weighted by Crippen LogP contribution is 2.35. The SMILES string of the molecule is CCCC1CCC(CCc2cc(F)c(-c3ccc(C)c(F)c3F)cc2F)CC1. The topological polar surface area (TPSA) is 0 Å². The van der Waals surface area contributed by atoms with Gasteiger partial charge in [-0.25, -0.2) is 17.6 Å². The molecule has 0 aromatic heterocycles. The molecule has 0 amide bonds. The van der Waals surface area contributed by atoms with Crippen molar-refractivity contribution in [1.82, 2.24) is 0 Å². The number of rotatable bonds is 6. The second kappa shape index (κ2) is 9.11. The minimum absolute atomic E-state index is 0.132. The average Bonchev–Trinajstić information content (AvgIpc) is 2.68. The normalized spacial score (nSPS) is 19.8. The first-order valence-electron chi connectivity index (χ1n) is 10.3. The lowest BCUT2D eigenvalue weighted by Gasteiger charge is -2.28. The van der Waals surface area contributed by atoms with Gasteiger partial charge in [-0.3, -0.25) is 0 Å². The van der Waals surface area contributed by atoms with E-state index in [0.717, 1.165) is 37.3 Å². The highest BCUT2D eigenvalue weighted by Gasteiger charge is 2.22. The molecule has 2 aromatic rings.